The van der Waals surface area contributed by atoms with Crippen molar-refractivity contribution in [2.75, 3.05) is 11.9 Å². The Kier molecular flexibility index (Phi) is 4.04. The lowest BCUT2D eigenvalue weighted by Gasteiger charge is -2.19. The molecular formula is C13H19N5. The van der Waals surface area contributed by atoms with Gasteiger partial charge in [0, 0.05) is 25.0 Å². The first kappa shape index (κ1) is 12.7. The second kappa shape index (κ2) is 5.73. The summed E-state index contributed by atoms with van der Waals surface area (Å²) in [5.74, 6) is 1.41. The lowest BCUT2D eigenvalue weighted by Crippen LogP contribution is -2.30. The zero-order valence-corrected chi connectivity index (χ0v) is 10.8. The molecule has 1 unspecified atom stereocenters. The Labute approximate surface area is 107 Å². The van der Waals surface area contributed by atoms with Gasteiger partial charge in [-0.2, -0.15) is 0 Å². The molecular weight excluding hydrogens is 226 g/mol. The van der Waals surface area contributed by atoms with Crippen LogP contribution in [0.3, 0.4) is 0 Å². The number of pyridine rings is 1. The molecule has 0 saturated carbocycles. The third-order valence-electron chi connectivity index (χ3n) is 2.72. The van der Waals surface area contributed by atoms with Crippen molar-refractivity contribution in [2.24, 2.45) is 11.7 Å². The van der Waals surface area contributed by atoms with Gasteiger partial charge in [-0.3, -0.25) is 4.98 Å². The van der Waals surface area contributed by atoms with Gasteiger partial charge in [-0.25, -0.2) is 9.97 Å². The van der Waals surface area contributed by atoms with Crippen molar-refractivity contribution in [1.82, 2.24) is 15.0 Å². The van der Waals surface area contributed by atoms with E-state index in [0.717, 1.165) is 17.8 Å². The number of hydrogen-bond acceptors (Lipinski definition) is 5. The second-order valence-electron chi connectivity index (χ2n) is 4.80. The summed E-state index contributed by atoms with van der Waals surface area (Å²) in [6.07, 6.45) is 4.34. The average molecular weight is 245 g/mol. The molecule has 0 bridgehead atoms. The van der Waals surface area contributed by atoms with Crippen LogP contribution in [-0.2, 0) is 0 Å². The fraction of sp³-hybridized carbons (Fsp3) is 0.462. The predicted octanol–water partition coefficient (Wildman–Crippen LogP) is 1.81. The van der Waals surface area contributed by atoms with E-state index in [0.29, 0.717) is 18.1 Å². The Morgan fingerprint density at radius 3 is 2.72 bits per heavy atom. The normalized spacial score (nSPS) is 12.9. The molecule has 5 heteroatoms. The van der Waals surface area contributed by atoms with Gasteiger partial charge in [-0.05, 0) is 24.5 Å². The Balaban J connectivity index is 2.15. The molecule has 0 radical (unpaired) electrons. The first-order valence-electron chi connectivity index (χ1n) is 6.23. The number of hydrogen-bond donors (Lipinski definition) is 2. The first-order valence-corrected chi connectivity index (χ1v) is 6.23. The van der Waals surface area contributed by atoms with Gasteiger partial charge < -0.3 is 11.1 Å². The van der Waals surface area contributed by atoms with Crippen LogP contribution in [-0.4, -0.2) is 27.5 Å². The van der Waals surface area contributed by atoms with E-state index in [2.05, 4.69) is 34.1 Å². The standard InChI is InChI=1S/C13H19N5/c1-9(2)7-10(8-14)17-12-4-3-11-13(18-12)16-6-5-15-11/h3-6,9-10H,7-8,14H2,1-2H3,(H,16,17,18). The molecule has 2 aromatic heterocycles. The Morgan fingerprint density at radius 1 is 1.22 bits per heavy atom. The van der Waals surface area contributed by atoms with Crippen molar-refractivity contribution in [3.05, 3.63) is 24.5 Å². The van der Waals surface area contributed by atoms with Gasteiger partial charge in [0.25, 0.3) is 0 Å². The third-order valence-corrected chi connectivity index (χ3v) is 2.72. The first-order chi connectivity index (χ1) is 8.69. The molecule has 2 rings (SSSR count). The number of nitrogens with zero attached hydrogens (tertiary/aromatic N) is 3. The van der Waals surface area contributed by atoms with Gasteiger partial charge in [0.05, 0.1) is 0 Å². The van der Waals surface area contributed by atoms with Gasteiger partial charge >= 0.3 is 0 Å². The third kappa shape index (κ3) is 3.13. The molecule has 0 amide bonds. The highest BCUT2D eigenvalue weighted by Crippen LogP contribution is 2.13. The van der Waals surface area contributed by atoms with Crippen LogP contribution in [0, 0.1) is 5.92 Å². The molecule has 5 nitrogen and oxygen atoms in total. The van der Waals surface area contributed by atoms with Crippen molar-refractivity contribution >= 4 is 17.0 Å². The summed E-state index contributed by atoms with van der Waals surface area (Å²) in [4.78, 5) is 12.8. The number of anilines is 1. The van der Waals surface area contributed by atoms with E-state index in [-0.39, 0.29) is 6.04 Å². The van der Waals surface area contributed by atoms with Crippen LogP contribution in [0.1, 0.15) is 20.3 Å². The fourth-order valence-electron chi connectivity index (χ4n) is 1.93. The summed E-state index contributed by atoms with van der Waals surface area (Å²) in [7, 11) is 0. The molecule has 96 valence electrons. The SMILES string of the molecule is CC(C)CC(CN)Nc1ccc2nccnc2n1. The topological polar surface area (TPSA) is 76.7 Å². The second-order valence-corrected chi connectivity index (χ2v) is 4.80. The molecule has 0 spiro atoms. The van der Waals surface area contributed by atoms with Crippen LogP contribution in [0.15, 0.2) is 24.5 Å². The van der Waals surface area contributed by atoms with E-state index in [1.165, 1.54) is 0 Å². The van der Waals surface area contributed by atoms with E-state index in [4.69, 9.17) is 5.73 Å². The van der Waals surface area contributed by atoms with Crippen molar-refractivity contribution in [3.8, 4) is 0 Å². The Hall–Kier alpha value is -1.75. The fourth-order valence-corrected chi connectivity index (χ4v) is 1.93. The largest absolute Gasteiger partial charge is 0.366 e. The molecule has 0 aromatic carbocycles. The summed E-state index contributed by atoms with van der Waals surface area (Å²) < 4.78 is 0. The molecule has 18 heavy (non-hydrogen) atoms. The highest BCUT2D eigenvalue weighted by molar-refractivity contribution is 5.71. The summed E-state index contributed by atoms with van der Waals surface area (Å²) >= 11 is 0. The van der Waals surface area contributed by atoms with Crippen molar-refractivity contribution in [1.29, 1.82) is 0 Å². The van der Waals surface area contributed by atoms with Gasteiger partial charge in [0.2, 0.25) is 0 Å². The number of fused-ring (bicyclic) bond motifs is 1. The Morgan fingerprint density at radius 2 is 2.00 bits per heavy atom. The van der Waals surface area contributed by atoms with E-state index < -0.39 is 0 Å². The zero-order chi connectivity index (χ0) is 13.0. The lowest BCUT2D eigenvalue weighted by atomic mass is 10.0. The number of rotatable bonds is 5. The minimum Gasteiger partial charge on any atom is -0.366 e. The van der Waals surface area contributed by atoms with Gasteiger partial charge in [0.15, 0.2) is 5.65 Å². The summed E-state index contributed by atoms with van der Waals surface area (Å²) in [5, 5.41) is 3.35. The maximum Gasteiger partial charge on any atom is 0.180 e. The number of aromatic nitrogens is 3. The van der Waals surface area contributed by atoms with Crippen molar-refractivity contribution < 1.29 is 0 Å². The molecule has 3 N–H and O–H groups in total. The van der Waals surface area contributed by atoms with Crippen molar-refractivity contribution in [2.45, 2.75) is 26.3 Å². The maximum absolute atomic E-state index is 5.76. The van der Waals surface area contributed by atoms with Gasteiger partial charge in [0.1, 0.15) is 11.3 Å². The van der Waals surface area contributed by atoms with Crippen molar-refractivity contribution in [3.63, 3.8) is 0 Å². The van der Waals surface area contributed by atoms with Crippen LogP contribution in [0.2, 0.25) is 0 Å². The quantitative estimate of drug-likeness (QED) is 0.840. The summed E-state index contributed by atoms with van der Waals surface area (Å²) in [6.45, 7) is 4.96. The van der Waals surface area contributed by atoms with Crippen LogP contribution >= 0.6 is 0 Å². The smallest absolute Gasteiger partial charge is 0.180 e. The lowest BCUT2D eigenvalue weighted by molar-refractivity contribution is 0.521. The molecule has 2 aromatic rings. The summed E-state index contributed by atoms with van der Waals surface area (Å²) in [6, 6.07) is 4.08. The molecule has 1 atom stereocenters. The molecule has 0 saturated heterocycles. The van der Waals surface area contributed by atoms with E-state index >= 15 is 0 Å². The molecule has 2 heterocycles. The highest BCUT2D eigenvalue weighted by Gasteiger charge is 2.10. The minimum absolute atomic E-state index is 0.242. The van der Waals surface area contributed by atoms with Crippen LogP contribution in [0.4, 0.5) is 5.82 Å². The molecule has 0 fully saturated rings. The van der Waals surface area contributed by atoms with Crippen LogP contribution in [0.25, 0.3) is 11.2 Å². The van der Waals surface area contributed by atoms with E-state index in [1.54, 1.807) is 12.4 Å². The van der Waals surface area contributed by atoms with E-state index in [1.807, 2.05) is 12.1 Å². The van der Waals surface area contributed by atoms with E-state index in [9.17, 15) is 0 Å². The Bertz CT molecular complexity index is 511. The number of nitrogens with one attached hydrogen (secondary N) is 1. The van der Waals surface area contributed by atoms with Gasteiger partial charge in [-0.15, -0.1) is 0 Å². The molecule has 0 aliphatic rings. The molecule has 0 aliphatic heterocycles. The van der Waals surface area contributed by atoms with Crippen LogP contribution in [0.5, 0.6) is 0 Å². The minimum atomic E-state index is 0.242. The van der Waals surface area contributed by atoms with Gasteiger partial charge in [-0.1, -0.05) is 13.8 Å². The maximum atomic E-state index is 5.76. The monoisotopic (exact) mass is 245 g/mol. The number of nitrogens with two attached hydrogens (primary N) is 1. The predicted molar refractivity (Wildman–Crippen MR) is 73.3 cm³/mol. The molecule has 0 aliphatic carbocycles. The highest BCUT2D eigenvalue weighted by atomic mass is 15.0. The summed E-state index contributed by atoms with van der Waals surface area (Å²) in [5.41, 5.74) is 7.22. The zero-order valence-electron chi connectivity index (χ0n) is 10.8. The van der Waals surface area contributed by atoms with Crippen LogP contribution < -0.4 is 11.1 Å². The average Bonchev–Trinajstić information content (AvgIpc) is 2.37.